The van der Waals surface area contributed by atoms with E-state index in [0.29, 0.717) is 6.54 Å². The van der Waals surface area contributed by atoms with Crippen molar-refractivity contribution < 1.29 is 14.3 Å². The van der Waals surface area contributed by atoms with Gasteiger partial charge in [0.1, 0.15) is 0 Å². The number of fused-ring (bicyclic) bond motifs is 2. The van der Waals surface area contributed by atoms with Gasteiger partial charge in [-0.25, -0.2) is 0 Å². The van der Waals surface area contributed by atoms with Gasteiger partial charge >= 0.3 is 0 Å². The molecule has 1 aliphatic heterocycles. The first-order valence-electron chi connectivity index (χ1n) is 9.76. The molecule has 0 saturated carbocycles. The summed E-state index contributed by atoms with van der Waals surface area (Å²) in [6, 6.07) is 24.5. The molecule has 0 saturated heterocycles. The van der Waals surface area contributed by atoms with Crippen molar-refractivity contribution in [2.75, 3.05) is 6.79 Å². The number of aldehydes is 1. The van der Waals surface area contributed by atoms with Crippen LogP contribution in [0.15, 0.2) is 72.8 Å². The van der Waals surface area contributed by atoms with Gasteiger partial charge in [0, 0.05) is 34.6 Å². The van der Waals surface area contributed by atoms with Crippen LogP contribution in [0.25, 0.3) is 10.9 Å². The van der Waals surface area contributed by atoms with Crippen molar-refractivity contribution >= 4 is 17.2 Å². The molecule has 1 aliphatic rings. The molecule has 0 aliphatic carbocycles. The highest BCUT2D eigenvalue weighted by molar-refractivity contribution is 6.00. The number of benzene rings is 3. The highest BCUT2D eigenvalue weighted by Crippen LogP contribution is 2.39. The van der Waals surface area contributed by atoms with Gasteiger partial charge in [0.25, 0.3) is 0 Å². The summed E-state index contributed by atoms with van der Waals surface area (Å²) in [5.41, 5.74) is 5.13. The van der Waals surface area contributed by atoms with Crippen LogP contribution >= 0.6 is 0 Å². The van der Waals surface area contributed by atoms with Crippen LogP contribution in [0.5, 0.6) is 11.5 Å². The first kappa shape index (κ1) is 17.6. The predicted octanol–water partition coefficient (Wildman–Crippen LogP) is 5.38. The van der Waals surface area contributed by atoms with E-state index >= 15 is 0 Å². The maximum absolute atomic E-state index is 12.2. The number of rotatable bonds is 5. The van der Waals surface area contributed by atoms with Gasteiger partial charge in [0.2, 0.25) is 6.79 Å². The molecule has 5 rings (SSSR count). The molecule has 1 atom stereocenters. The minimum Gasteiger partial charge on any atom is -0.454 e. The highest BCUT2D eigenvalue weighted by atomic mass is 16.7. The number of para-hydroxylation sites is 1. The van der Waals surface area contributed by atoms with Gasteiger partial charge in [-0.1, -0.05) is 61.5 Å². The second-order valence-electron chi connectivity index (χ2n) is 7.34. The van der Waals surface area contributed by atoms with Crippen molar-refractivity contribution in [2.24, 2.45) is 0 Å². The molecule has 29 heavy (non-hydrogen) atoms. The molecule has 2 heterocycles. The summed E-state index contributed by atoms with van der Waals surface area (Å²) in [7, 11) is 0. The molecular weight excluding hydrogens is 362 g/mol. The fraction of sp³-hybridized carbons (Fsp3) is 0.160. The van der Waals surface area contributed by atoms with Gasteiger partial charge in [-0.15, -0.1) is 0 Å². The van der Waals surface area contributed by atoms with Crippen molar-refractivity contribution in [3.8, 4) is 11.5 Å². The molecule has 4 aromatic rings. The zero-order valence-electron chi connectivity index (χ0n) is 16.2. The summed E-state index contributed by atoms with van der Waals surface area (Å²) >= 11 is 0. The Kier molecular flexibility index (Phi) is 4.32. The number of hydrogen-bond acceptors (Lipinski definition) is 3. The average Bonchev–Trinajstić information content (AvgIpc) is 3.36. The van der Waals surface area contributed by atoms with Crippen molar-refractivity contribution in [3.63, 3.8) is 0 Å². The topological polar surface area (TPSA) is 40.5 Å². The van der Waals surface area contributed by atoms with Gasteiger partial charge in [0.15, 0.2) is 17.8 Å². The lowest BCUT2D eigenvalue weighted by atomic mass is 9.94. The molecule has 1 aromatic heterocycles. The molecule has 4 nitrogen and oxygen atoms in total. The van der Waals surface area contributed by atoms with Gasteiger partial charge in [-0.3, -0.25) is 4.79 Å². The summed E-state index contributed by atoms with van der Waals surface area (Å²) < 4.78 is 13.3. The van der Waals surface area contributed by atoms with Crippen molar-refractivity contribution in [1.29, 1.82) is 0 Å². The Morgan fingerprint density at radius 2 is 1.72 bits per heavy atom. The van der Waals surface area contributed by atoms with E-state index in [0.717, 1.165) is 45.5 Å². The third kappa shape index (κ3) is 2.97. The molecule has 0 spiro atoms. The van der Waals surface area contributed by atoms with E-state index in [2.05, 4.69) is 35.8 Å². The summed E-state index contributed by atoms with van der Waals surface area (Å²) in [4.78, 5) is 12.2. The summed E-state index contributed by atoms with van der Waals surface area (Å²) in [5, 5.41) is 0.987. The molecule has 0 bridgehead atoms. The molecule has 0 amide bonds. The number of ether oxygens (including phenoxy) is 2. The Morgan fingerprint density at radius 1 is 0.966 bits per heavy atom. The van der Waals surface area contributed by atoms with Crippen LogP contribution < -0.4 is 9.47 Å². The molecular formula is C25H21NO3. The Balaban J connectivity index is 1.69. The van der Waals surface area contributed by atoms with Gasteiger partial charge in [-0.05, 0) is 29.3 Å². The molecule has 0 unspecified atom stereocenters. The highest BCUT2D eigenvalue weighted by Gasteiger charge is 2.24. The fourth-order valence-corrected chi connectivity index (χ4v) is 4.22. The summed E-state index contributed by atoms with van der Waals surface area (Å²) in [6.07, 6.45) is 0.989. The van der Waals surface area contributed by atoms with Gasteiger partial charge in [-0.2, -0.15) is 0 Å². The lowest BCUT2D eigenvalue weighted by molar-refractivity contribution is 0.112. The Morgan fingerprint density at radius 3 is 2.55 bits per heavy atom. The van der Waals surface area contributed by atoms with E-state index in [1.165, 1.54) is 5.56 Å². The monoisotopic (exact) mass is 383 g/mol. The molecule has 0 fully saturated rings. The Bertz CT molecular complexity index is 1190. The van der Waals surface area contributed by atoms with Crippen LogP contribution in [-0.2, 0) is 6.54 Å². The lowest BCUT2D eigenvalue weighted by Gasteiger charge is -2.18. The van der Waals surface area contributed by atoms with E-state index in [9.17, 15) is 4.79 Å². The fourth-order valence-electron chi connectivity index (χ4n) is 4.22. The maximum atomic E-state index is 12.2. The quantitative estimate of drug-likeness (QED) is 0.434. The van der Waals surface area contributed by atoms with Gasteiger partial charge in [0.05, 0.1) is 0 Å². The molecule has 0 N–H and O–H groups in total. The molecule has 4 heteroatoms. The zero-order chi connectivity index (χ0) is 19.8. The normalized spacial score (nSPS) is 13.6. The number of carbonyl (C=O) groups excluding carboxylic acids is 1. The zero-order valence-corrected chi connectivity index (χ0v) is 16.2. The first-order chi connectivity index (χ1) is 14.3. The third-order valence-corrected chi connectivity index (χ3v) is 5.66. The SMILES string of the molecule is C[C@@H](c1ccc2c(c1)OCO2)c1c(C=O)c2ccccc2n1Cc1ccccc1. The molecule has 144 valence electrons. The van der Waals surface area contributed by atoms with Gasteiger partial charge < -0.3 is 14.0 Å². The van der Waals surface area contributed by atoms with E-state index in [4.69, 9.17) is 9.47 Å². The lowest BCUT2D eigenvalue weighted by Crippen LogP contribution is -2.10. The summed E-state index contributed by atoms with van der Waals surface area (Å²) in [6.45, 7) is 3.10. The summed E-state index contributed by atoms with van der Waals surface area (Å²) in [5.74, 6) is 1.54. The van der Waals surface area contributed by atoms with E-state index in [-0.39, 0.29) is 12.7 Å². The maximum Gasteiger partial charge on any atom is 0.231 e. The minimum atomic E-state index is 0.0146. The van der Waals surface area contributed by atoms with Crippen LogP contribution in [0, 0.1) is 0 Å². The van der Waals surface area contributed by atoms with Crippen LogP contribution in [0.2, 0.25) is 0 Å². The smallest absolute Gasteiger partial charge is 0.231 e. The van der Waals surface area contributed by atoms with E-state index in [1.807, 2.05) is 48.5 Å². The average molecular weight is 383 g/mol. The van der Waals surface area contributed by atoms with Crippen molar-refractivity contribution in [3.05, 3.63) is 95.2 Å². The van der Waals surface area contributed by atoms with Crippen LogP contribution in [-0.4, -0.2) is 17.6 Å². The second kappa shape index (κ2) is 7.13. The van der Waals surface area contributed by atoms with Crippen LogP contribution in [0.1, 0.15) is 40.0 Å². The largest absolute Gasteiger partial charge is 0.454 e. The Hall–Kier alpha value is -3.53. The molecule has 0 radical (unpaired) electrons. The number of aromatic nitrogens is 1. The van der Waals surface area contributed by atoms with E-state index < -0.39 is 0 Å². The van der Waals surface area contributed by atoms with Crippen molar-refractivity contribution in [1.82, 2.24) is 4.57 Å². The molecule has 3 aromatic carbocycles. The van der Waals surface area contributed by atoms with E-state index in [1.54, 1.807) is 0 Å². The first-order valence-corrected chi connectivity index (χ1v) is 9.76. The number of nitrogens with zero attached hydrogens (tertiary/aromatic N) is 1. The van der Waals surface area contributed by atoms with Crippen LogP contribution in [0.3, 0.4) is 0 Å². The number of hydrogen-bond donors (Lipinski definition) is 0. The number of carbonyl (C=O) groups is 1. The van der Waals surface area contributed by atoms with Crippen LogP contribution in [0.4, 0.5) is 0 Å². The Labute approximate surface area is 169 Å². The predicted molar refractivity (Wildman–Crippen MR) is 113 cm³/mol. The second-order valence-corrected chi connectivity index (χ2v) is 7.34. The standard InChI is InChI=1S/C25H21NO3/c1-17(19-11-12-23-24(13-19)29-16-28-23)25-21(15-27)20-9-5-6-10-22(20)26(25)14-18-7-3-2-4-8-18/h2-13,15,17H,14,16H2,1H3/t17-/m0/s1. The minimum absolute atomic E-state index is 0.0146. The third-order valence-electron chi connectivity index (χ3n) is 5.66. The van der Waals surface area contributed by atoms with Crippen molar-refractivity contribution in [2.45, 2.75) is 19.4 Å².